The first-order chi connectivity index (χ1) is 10.0. The van der Waals surface area contributed by atoms with Gasteiger partial charge in [0.1, 0.15) is 10.7 Å². The topological polar surface area (TPSA) is 97.3 Å². The number of nitrogens with zero attached hydrogens (tertiary/aromatic N) is 2. The normalized spacial score (nSPS) is 19.8. The number of nitrogen functional groups attached to an aromatic ring is 1. The maximum atomic E-state index is 12.3. The summed E-state index contributed by atoms with van der Waals surface area (Å²) in [6.07, 6.45) is 0.951. The fourth-order valence-electron chi connectivity index (χ4n) is 2.20. The summed E-state index contributed by atoms with van der Waals surface area (Å²) in [5.41, 5.74) is 11.8. The molecule has 1 aliphatic heterocycles. The summed E-state index contributed by atoms with van der Waals surface area (Å²) in [6, 6.07) is 0.297. The van der Waals surface area contributed by atoms with Crippen LogP contribution in [0, 0.1) is 0 Å². The molecule has 118 valence electrons. The van der Waals surface area contributed by atoms with Gasteiger partial charge in [-0.05, 0) is 19.1 Å². The van der Waals surface area contributed by atoms with Crippen LogP contribution in [0.2, 0.25) is 0 Å². The Kier molecular flexibility index (Phi) is 5.72. The van der Waals surface area contributed by atoms with Gasteiger partial charge in [0.25, 0.3) is 5.91 Å². The number of carbonyl (C=O) groups excluding carboxylic acids is 1. The van der Waals surface area contributed by atoms with Crippen molar-refractivity contribution in [1.82, 2.24) is 10.3 Å². The molecule has 0 radical (unpaired) electrons. The molecule has 2 unspecified atom stereocenters. The Labute approximate surface area is 133 Å². The second-order valence-electron chi connectivity index (χ2n) is 5.24. The molecule has 8 heteroatoms. The molecule has 1 aromatic rings. The molecule has 21 heavy (non-hydrogen) atoms. The zero-order valence-electron chi connectivity index (χ0n) is 12.5. The van der Waals surface area contributed by atoms with Gasteiger partial charge in [-0.15, -0.1) is 0 Å². The zero-order chi connectivity index (χ0) is 15.4. The van der Waals surface area contributed by atoms with Crippen LogP contribution in [-0.4, -0.2) is 47.6 Å². The van der Waals surface area contributed by atoms with Crippen molar-refractivity contribution in [3.63, 3.8) is 0 Å². The van der Waals surface area contributed by atoms with Crippen molar-refractivity contribution in [3.8, 4) is 0 Å². The molecule has 1 aliphatic rings. The maximum absolute atomic E-state index is 12.3. The molecular formula is C13H23N5OS2. The predicted octanol–water partition coefficient (Wildman–Crippen LogP) is 1.13. The second-order valence-corrected chi connectivity index (χ2v) is 7.54. The smallest absolute Gasteiger partial charge is 0.265 e. The van der Waals surface area contributed by atoms with E-state index in [1.54, 1.807) is 11.8 Å². The maximum Gasteiger partial charge on any atom is 0.265 e. The second kappa shape index (κ2) is 7.33. The van der Waals surface area contributed by atoms with Crippen LogP contribution in [0.5, 0.6) is 0 Å². The molecule has 0 aliphatic carbocycles. The highest BCUT2D eigenvalue weighted by atomic mass is 32.2. The molecule has 0 aromatic carbocycles. The largest absolute Gasteiger partial charge is 0.382 e. The first-order valence-electron chi connectivity index (χ1n) is 7.16. The first-order valence-corrected chi connectivity index (χ1v) is 9.13. The summed E-state index contributed by atoms with van der Waals surface area (Å²) in [4.78, 5) is 19.2. The van der Waals surface area contributed by atoms with E-state index in [4.69, 9.17) is 11.5 Å². The van der Waals surface area contributed by atoms with Crippen LogP contribution in [0.25, 0.3) is 0 Å². The van der Waals surface area contributed by atoms with Gasteiger partial charge in [-0.2, -0.15) is 11.8 Å². The summed E-state index contributed by atoms with van der Waals surface area (Å²) in [5.74, 6) is 2.11. The number of nitrogens with two attached hydrogens (primary N) is 2. The Morgan fingerprint density at radius 3 is 3.05 bits per heavy atom. The minimum Gasteiger partial charge on any atom is -0.382 e. The number of nitrogens with one attached hydrogen (secondary N) is 1. The lowest BCUT2D eigenvalue weighted by molar-refractivity contribution is 0.0948. The number of amides is 1. The Balaban J connectivity index is 1.99. The van der Waals surface area contributed by atoms with E-state index in [2.05, 4.69) is 22.1 Å². The SMILES string of the molecule is CCSCC(C)NC(=O)c1sc(N2CCC(N)C2)nc1N. The number of thioether (sulfide) groups is 1. The van der Waals surface area contributed by atoms with Gasteiger partial charge in [0, 0.05) is 30.9 Å². The summed E-state index contributed by atoms with van der Waals surface area (Å²) in [7, 11) is 0. The lowest BCUT2D eigenvalue weighted by Gasteiger charge is -2.13. The van der Waals surface area contributed by atoms with Crippen molar-refractivity contribution in [2.24, 2.45) is 5.73 Å². The average Bonchev–Trinajstić information content (AvgIpc) is 3.02. The molecule has 0 saturated carbocycles. The van der Waals surface area contributed by atoms with E-state index in [9.17, 15) is 4.79 Å². The number of anilines is 2. The minimum atomic E-state index is -0.135. The molecule has 1 saturated heterocycles. The van der Waals surface area contributed by atoms with Gasteiger partial charge in [-0.1, -0.05) is 18.3 Å². The van der Waals surface area contributed by atoms with Crippen molar-refractivity contribution in [2.45, 2.75) is 32.4 Å². The highest BCUT2D eigenvalue weighted by molar-refractivity contribution is 7.99. The third kappa shape index (κ3) is 4.24. The number of aromatic nitrogens is 1. The van der Waals surface area contributed by atoms with Crippen LogP contribution in [0.4, 0.5) is 10.9 Å². The summed E-state index contributed by atoms with van der Waals surface area (Å²) < 4.78 is 0. The monoisotopic (exact) mass is 329 g/mol. The van der Waals surface area contributed by atoms with Crippen LogP contribution in [-0.2, 0) is 0 Å². The number of thiazole rings is 1. The lowest BCUT2D eigenvalue weighted by atomic mass is 10.3. The molecule has 0 spiro atoms. The predicted molar refractivity (Wildman–Crippen MR) is 91.3 cm³/mol. The van der Waals surface area contributed by atoms with Crippen LogP contribution in [0.3, 0.4) is 0 Å². The van der Waals surface area contributed by atoms with Crippen molar-refractivity contribution >= 4 is 40.0 Å². The molecular weight excluding hydrogens is 306 g/mol. The summed E-state index contributed by atoms with van der Waals surface area (Å²) in [5, 5.41) is 3.76. The molecule has 2 atom stereocenters. The summed E-state index contributed by atoms with van der Waals surface area (Å²) in [6.45, 7) is 5.75. The molecule has 5 N–H and O–H groups in total. The van der Waals surface area contributed by atoms with Crippen molar-refractivity contribution in [3.05, 3.63) is 4.88 Å². The molecule has 1 amide bonds. The Morgan fingerprint density at radius 2 is 2.43 bits per heavy atom. The van der Waals surface area contributed by atoms with Gasteiger partial charge in [-0.3, -0.25) is 4.79 Å². The Bertz CT molecular complexity index is 493. The van der Waals surface area contributed by atoms with Crippen LogP contribution in [0.15, 0.2) is 0 Å². The fourth-order valence-corrected chi connectivity index (χ4v) is 3.80. The van der Waals surface area contributed by atoms with Crippen molar-refractivity contribution in [2.75, 3.05) is 35.2 Å². The third-order valence-electron chi connectivity index (χ3n) is 3.29. The number of hydrogen-bond acceptors (Lipinski definition) is 7. The van der Waals surface area contributed by atoms with Gasteiger partial charge in [-0.25, -0.2) is 4.98 Å². The zero-order valence-corrected chi connectivity index (χ0v) is 14.1. The van der Waals surface area contributed by atoms with E-state index in [1.807, 2.05) is 6.92 Å². The lowest BCUT2D eigenvalue weighted by Crippen LogP contribution is -2.34. The standard InChI is InChI=1S/C13H23N5OS2/c1-3-20-7-8(2)16-12(19)10-11(15)17-13(21-10)18-5-4-9(14)6-18/h8-9H,3-7,14-15H2,1-2H3,(H,16,19). The Hall–Kier alpha value is -0.990. The number of rotatable bonds is 6. The molecule has 2 rings (SSSR count). The molecule has 1 fully saturated rings. The van der Waals surface area contributed by atoms with E-state index in [0.29, 0.717) is 10.7 Å². The van der Waals surface area contributed by atoms with Gasteiger partial charge < -0.3 is 21.7 Å². The van der Waals surface area contributed by atoms with E-state index in [1.165, 1.54) is 11.3 Å². The van der Waals surface area contributed by atoms with Gasteiger partial charge >= 0.3 is 0 Å². The molecule has 2 heterocycles. The molecule has 0 bridgehead atoms. The molecule has 6 nitrogen and oxygen atoms in total. The van der Waals surface area contributed by atoms with Crippen molar-refractivity contribution in [1.29, 1.82) is 0 Å². The summed E-state index contributed by atoms with van der Waals surface area (Å²) >= 11 is 3.15. The van der Waals surface area contributed by atoms with Crippen LogP contribution in [0.1, 0.15) is 29.9 Å². The average molecular weight is 329 g/mol. The van der Waals surface area contributed by atoms with Gasteiger partial charge in [0.05, 0.1) is 0 Å². The quantitative estimate of drug-likeness (QED) is 0.724. The highest BCUT2D eigenvalue weighted by Crippen LogP contribution is 2.30. The van der Waals surface area contributed by atoms with E-state index >= 15 is 0 Å². The minimum absolute atomic E-state index is 0.118. The van der Waals surface area contributed by atoms with E-state index < -0.39 is 0 Å². The van der Waals surface area contributed by atoms with E-state index in [0.717, 1.165) is 36.1 Å². The van der Waals surface area contributed by atoms with Gasteiger partial charge in [0.15, 0.2) is 5.13 Å². The van der Waals surface area contributed by atoms with Gasteiger partial charge in [0.2, 0.25) is 0 Å². The van der Waals surface area contributed by atoms with Crippen molar-refractivity contribution < 1.29 is 4.79 Å². The van der Waals surface area contributed by atoms with Crippen LogP contribution < -0.4 is 21.7 Å². The Morgan fingerprint density at radius 1 is 1.67 bits per heavy atom. The third-order valence-corrected chi connectivity index (χ3v) is 5.57. The molecule has 1 aromatic heterocycles. The first kappa shape index (κ1) is 16.4. The van der Waals surface area contributed by atoms with Crippen LogP contribution >= 0.6 is 23.1 Å². The van der Waals surface area contributed by atoms with E-state index in [-0.39, 0.29) is 18.0 Å². The highest BCUT2D eigenvalue weighted by Gasteiger charge is 2.25. The number of carbonyl (C=O) groups is 1. The number of hydrogen-bond donors (Lipinski definition) is 3. The fraction of sp³-hybridized carbons (Fsp3) is 0.692.